The van der Waals surface area contributed by atoms with Gasteiger partial charge in [0.05, 0.1) is 24.1 Å². The Morgan fingerprint density at radius 3 is 2.70 bits per heavy atom. The van der Waals surface area contributed by atoms with Crippen LogP contribution in [-0.2, 0) is 18.4 Å². The summed E-state index contributed by atoms with van der Waals surface area (Å²) in [5, 5.41) is 4.19. The van der Waals surface area contributed by atoms with Crippen molar-refractivity contribution >= 4 is 11.7 Å². The first-order valence-corrected chi connectivity index (χ1v) is 6.11. The highest BCUT2D eigenvalue weighted by atomic mass is 16.5. The van der Waals surface area contributed by atoms with E-state index in [-0.39, 0.29) is 6.61 Å². The lowest BCUT2D eigenvalue weighted by atomic mass is 10.2. The van der Waals surface area contributed by atoms with Gasteiger partial charge in [0.1, 0.15) is 12.4 Å². The number of esters is 1. The van der Waals surface area contributed by atoms with Gasteiger partial charge in [-0.15, -0.1) is 0 Å². The lowest BCUT2D eigenvalue weighted by Gasteiger charge is -2.07. The minimum absolute atomic E-state index is 0.160. The molecule has 2 N–H and O–H groups in total. The molecular formula is C14H17N3O3. The first kappa shape index (κ1) is 13.9. The Balaban J connectivity index is 2.08. The van der Waals surface area contributed by atoms with E-state index in [1.54, 1.807) is 29.9 Å². The maximum Gasteiger partial charge on any atom is 0.338 e. The number of hydrogen-bond acceptors (Lipinski definition) is 5. The van der Waals surface area contributed by atoms with Gasteiger partial charge in [-0.1, -0.05) is 0 Å². The van der Waals surface area contributed by atoms with Gasteiger partial charge >= 0.3 is 5.97 Å². The molecule has 0 aliphatic rings. The maximum absolute atomic E-state index is 12.0. The third kappa shape index (κ3) is 3.09. The number of benzene rings is 1. The van der Waals surface area contributed by atoms with Crippen molar-refractivity contribution < 1.29 is 14.3 Å². The van der Waals surface area contributed by atoms with E-state index in [1.807, 2.05) is 13.0 Å². The zero-order valence-corrected chi connectivity index (χ0v) is 11.7. The summed E-state index contributed by atoms with van der Waals surface area (Å²) in [5.41, 5.74) is 8.22. The molecule has 6 nitrogen and oxygen atoms in total. The van der Waals surface area contributed by atoms with Crippen LogP contribution >= 0.6 is 0 Å². The minimum Gasteiger partial charge on any atom is -0.497 e. The Kier molecular flexibility index (Phi) is 3.93. The number of anilines is 1. The molecule has 0 atom stereocenters. The average Bonchev–Trinajstić information content (AvgIpc) is 2.73. The molecule has 0 radical (unpaired) electrons. The van der Waals surface area contributed by atoms with Crippen LogP contribution in [0.5, 0.6) is 5.75 Å². The van der Waals surface area contributed by atoms with Crippen molar-refractivity contribution in [2.45, 2.75) is 13.5 Å². The average molecular weight is 275 g/mol. The lowest BCUT2D eigenvalue weighted by Crippen LogP contribution is -2.08. The molecule has 6 heteroatoms. The Hall–Kier alpha value is -2.50. The van der Waals surface area contributed by atoms with Crippen molar-refractivity contribution in [3.8, 4) is 5.75 Å². The Labute approximate surface area is 117 Å². The lowest BCUT2D eigenvalue weighted by molar-refractivity contribution is 0.0463. The van der Waals surface area contributed by atoms with E-state index < -0.39 is 5.97 Å². The topological polar surface area (TPSA) is 79.4 Å². The van der Waals surface area contributed by atoms with Gasteiger partial charge in [-0.3, -0.25) is 4.68 Å². The van der Waals surface area contributed by atoms with Crippen LogP contribution in [0.2, 0.25) is 0 Å². The number of methoxy groups -OCH3 is 1. The van der Waals surface area contributed by atoms with Crippen molar-refractivity contribution in [2.75, 3.05) is 12.8 Å². The standard InChI is InChI=1S/C14H17N3O3/c1-9-4-12(17(2)16-9)8-20-14(18)10-5-11(15)7-13(6-10)19-3/h4-7H,8,15H2,1-3H3. The molecule has 0 saturated heterocycles. The highest BCUT2D eigenvalue weighted by Gasteiger charge is 2.11. The number of aromatic nitrogens is 2. The van der Waals surface area contributed by atoms with Crippen LogP contribution in [0.4, 0.5) is 5.69 Å². The molecular weight excluding hydrogens is 258 g/mol. The largest absolute Gasteiger partial charge is 0.497 e. The molecule has 0 bridgehead atoms. The number of nitrogens with zero attached hydrogens (tertiary/aromatic N) is 2. The van der Waals surface area contributed by atoms with E-state index in [0.717, 1.165) is 11.4 Å². The number of hydrogen-bond donors (Lipinski definition) is 1. The van der Waals surface area contributed by atoms with Crippen LogP contribution in [0.1, 0.15) is 21.7 Å². The SMILES string of the molecule is COc1cc(N)cc(C(=O)OCc2cc(C)nn2C)c1. The van der Waals surface area contributed by atoms with Crippen molar-refractivity contribution in [2.24, 2.45) is 7.05 Å². The molecule has 0 fully saturated rings. The van der Waals surface area contributed by atoms with Gasteiger partial charge in [-0.2, -0.15) is 5.10 Å². The Morgan fingerprint density at radius 2 is 2.10 bits per heavy atom. The summed E-state index contributed by atoms with van der Waals surface area (Å²) in [7, 11) is 3.32. The molecule has 0 saturated carbocycles. The molecule has 1 aromatic carbocycles. The fourth-order valence-corrected chi connectivity index (χ4v) is 1.88. The number of nitrogens with two attached hydrogens (primary N) is 1. The van der Waals surface area contributed by atoms with Crippen molar-refractivity contribution in [1.29, 1.82) is 0 Å². The number of aryl methyl sites for hydroxylation is 2. The molecule has 1 heterocycles. The van der Waals surface area contributed by atoms with Gasteiger partial charge < -0.3 is 15.2 Å². The third-order valence-electron chi connectivity index (χ3n) is 2.85. The molecule has 106 valence electrons. The third-order valence-corrected chi connectivity index (χ3v) is 2.85. The minimum atomic E-state index is -0.450. The van der Waals surface area contributed by atoms with Crippen molar-refractivity contribution in [1.82, 2.24) is 9.78 Å². The summed E-state index contributed by atoms with van der Waals surface area (Å²) in [4.78, 5) is 12.0. The quantitative estimate of drug-likeness (QED) is 0.678. The van der Waals surface area contributed by atoms with E-state index in [4.69, 9.17) is 15.2 Å². The van der Waals surface area contributed by atoms with Crippen LogP contribution in [0.15, 0.2) is 24.3 Å². The van der Waals surface area contributed by atoms with Gasteiger partial charge in [0.25, 0.3) is 0 Å². The highest BCUT2D eigenvalue weighted by molar-refractivity contribution is 5.91. The van der Waals surface area contributed by atoms with Gasteiger partial charge in [-0.25, -0.2) is 4.79 Å². The van der Waals surface area contributed by atoms with Crippen LogP contribution < -0.4 is 10.5 Å². The summed E-state index contributed by atoms with van der Waals surface area (Å²) in [5.74, 6) is 0.0720. The molecule has 0 unspecified atom stereocenters. The zero-order chi connectivity index (χ0) is 14.7. The summed E-state index contributed by atoms with van der Waals surface area (Å²) >= 11 is 0. The van der Waals surface area contributed by atoms with E-state index in [2.05, 4.69) is 5.10 Å². The van der Waals surface area contributed by atoms with Gasteiger partial charge in [0, 0.05) is 18.8 Å². The molecule has 2 aromatic rings. The maximum atomic E-state index is 12.0. The normalized spacial score (nSPS) is 10.3. The van der Waals surface area contributed by atoms with E-state index in [0.29, 0.717) is 17.0 Å². The second-order valence-electron chi connectivity index (χ2n) is 4.47. The van der Waals surface area contributed by atoms with Crippen LogP contribution in [-0.4, -0.2) is 22.9 Å². The molecule has 0 spiro atoms. The van der Waals surface area contributed by atoms with Gasteiger partial charge in [0.2, 0.25) is 0 Å². The summed E-state index contributed by atoms with van der Waals surface area (Å²) < 4.78 is 12.0. The number of nitrogen functional groups attached to an aromatic ring is 1. The summed E-state index contributed by atoms with van der Waals surface area (Å²) in [6, 6.07) is 6.65. The van der Waals surface area contributed by atoms with E-state index >= 15 is 0 Å². The van der Waals surface area contributed by atoms with Crippen LogP contribution in [0.3, 0.4) is 0 Å². The van der Waals surface area contributed by atoms with Crippen LogP contribution in [0.25, 0.3) is 0 Å². The second-order valence-corrected chi connectivity index (χ2v) is 4.47. The molecule has 20 heavy (non-hydrogen) atoms. The number of carbonyl (C=O) groups excluding carboxylic acids is 1. The fraction of sp³-hybridized carbons (Fsp3) is 0.286. The number of rotatable bonds is 4. The summed E-state index contributed by atoms with van der Waals surface area (Å²) in [6.45, 7) is 2.04. The molecule has 0 aliphatic heterocycles. The smallest absolute Gasteiger partial charge is 0.338 e. The predicted octanol–water partition coefficient (Wildman–Crippen LogP) is 1.68. The van der Waals surface area contributed by atoms with E-state index in [9.17, 15) is 4.79 Å². The number of ether oxygens (including phenoxy) is 2. The van der Waals surface area contributed by atoms with Gasteiger partial charge in [0.15, 0.2) is 0 Å². The zero-order valence-electron chi connectivity index (χ0n) is 11.7. The first-order chi connectivity index (χ1) is 9.49. The first-order valence-electron chi connectivity index (χ1n) is 6.11. The second kappa shape index (κ2) is 5.64. The summed E-state index contributed by atoms with van der Waals surface area (Å²) in [6.07, 6.45) is 0. The Bertz CT molecular complexity index is 635. The fourth-order valence-electron chi connectivity index (χ4n) is 1.88. The van der Waals surface area contributed by atoms with Gasteiger partial charge in [-0.05, 0) is 25.1 Å². The van der Waals surface area contributed by atoms with Crippen molar-refractivity contribution in [3.05, 3.63) is 41.2 Å². The molecule has 0 aliphatic carbocycles. The van der Waals surface area contributed by atoms with Crippen molar-refractivity contribution in [3.63, 3.8) is 0 Å². The predicted molar refractivity (Wildman–Crippen MR) is 74.5 cm³/mol. The monoisotopic (exact) mass is 275 g/mol. The molecule has 0 amide bonds. The highest BCUT2D eigenvalue weighted by Crippen LogP contribution is 2.19. The number of carbonyl (C=O) groups is 1. The Morgan fingerprint density at radius 1 is 1.35 bits per heavy atom. The molecule has 2 rings (SSSR count). The van der Waals surface area contributed by atoms with Crippen LogP contribution in [0, 0.1) is 6.92 Å². The van der Waals surface area contributed by atoms with E-state index in [1.165, 1.54) is 7.11 Å². The molecule has 1 aromatic heterocycles.